The Morgan fingerprint density at radius 2 is 1.25 bits per heavy atom. The van der Waals surface area contributed by atoms with E-state index in [4.69, 9.17) is 23.2 Å². The van der Waals surface area contributed by atoms with Crippen molar-refractivity contribution >= 4 is 23.2 Å². The SMILES string of the molecule is CCC1CC(Cl)C(CC)CC1Cl. The van der Waals surface area contributed by atoms with Gasteiger partial charge in [-0.25, -0.2) is 0 Å². The summed E-state index contributed by atoms with van der Waals surface area (Å²) in [6.07, 6.45) is 4.58. The highest BCUT2D eigenvalue weighted by molar-refractivity contribution is 6.22. The van der Waals surface area contributed by atoms with Crippen LogP contribution in [0.3, 0.4) is 0 Å². The Labute approximate surface area is 85.6 Å². The van der Waals surface area contributed by atoms with Gasteiger partial charge in [0.15, 0.2) is 0 Å². The molecule has 0 aromatic carbocycles. The Kier molecular flexibility index (Phi) is 4.19. The lowest BCUT2D eigenvalue weighted by Gasteiger charge is -2.35. The number of hydrogen-bond donors (Lipinski definition) is 0. The molecule has 0 radical (unpaired) electrons. The minimum Gasteiger partial charge on any atom is -0.123 e. The highest BCUT2D eigenvalue weighted by Gasteiger charge is 2.33. The van der Waals surface area contributed by atoms with Gasteiger partial charge in [0, 0.05) is 10.8 Å². The largest absolute Gasteiger partial charge is 0.123 e. The molecule has 72 valence electrons. The van der Waals surface area contributed by atoms with Gasteiger partial charge >= 0.3 is 0 Å². The van der Waals surface area contributed by atoms with E-state index in [-0.39, 0.29) is 0 Å². The molecule has 1 aliphatic carbocycles. The van der Waals surface area contributed by atoms with E-state index in [9.17, 15) is 0 Å². The molecule has 0 heterocycles. The van der Waals surface area contributed by atoms with Crippen LogP contribution in [-0.2, 0) is 0 Å². The topological polar surface area (TPSA) is 0 Å². The molecule has 0 spiro atoms. The van der Waals surface area contributed by atoms with Gasteiger partial charge in [-0.05, 0) is 24.7 Å². The fourth-order valence-corrected chi connectivity index (χ4v) is 3.12. The van der Waals surface area contributed by atoms with Gasteiger partial charge in [0.1, 0.15) is 0 Å². The molecule has 1 aliphatic rings. The van der Waals surface area contributed by atoms with Crippen LogP contribution in [-0.4, -0.2) is 10.8 Å². The Bertz CT molecular complexity index is 120. The molecule has 0 aliphatic heterocycles. The van der Waals surface area contributed by atoms with Crippen molar-refractivity contribution in [3.63, 3.8) is 0 Å². The maximum absolute atomic E-state index is 6.26. The van der Waals surface area contributed by atoms with Crippen LogP contribution in [0.5, 0.6) is 0 Å². The van der Waals surface area contributed by atoms with Crippen LogP contribution in [0.4, 0.5) is 0 Å². The summed E-state index contributed by atoms with van der Waals surface area (Å²) in [4.78, 5) is 0. The van der Waals surface area contributed by atoms with E-state index in [1.54, 1.807) is 0 Å². The minimum atomic E-state index is 0.370. The Morgan fingerprint density at radius 3 is 1.50 bits per heavy atom. The maximum atomic E-state index is 6.26. The molecule has 0 N–H and O–H groups in total. The number of rotatable bonds is 2. The second-order valence-electron chi connectivity index (χ2n) is 3.84. The van der Waals surface area contributed by atoms with Crippen LogP contribution in [0.2, 0.25) is 0 Å². The van der Waals surface area contributed by atoms with Gasteiger partial charge in [-0.2, -0.15) is 0 Å². The number of alkyl halides is 2. The molecule has 12 heavy (non-hydrogen) atoms. The van der Waals surface area contributed by atoms with Crippen LogP contribution in [0, 0.1) is 11.8 Å². The van der Waals surface area contributed by atoms with E-state index in [0.717, 1.165) is 12.8 Å². The molecule has 1 saturated carbocycles. The van der Waals surface area contributed by atoms with Gasteiger partial charge in [-0.3, -0.25) is 0 Å². The first-order valence-corrected chi connectivity index (χ1v) is 5.84. The van der Waals surface area contributed by atoms with Crippen LogP contribution in [0.1, 0.15) is 39.5 Å². The maximum Gasteiger partial charge on any atom is 0.0367 e. The van der Waals surface area contributed by atoms with Crippen LogP contribution in [0.15, 0.2) is 0 Å². The van der Waals surface area contributed by atoms with Crippen molar-refractivity contribution in [3.05, 3.63) is 0 Å². The number of halogens is 2. The van der Waals surface area contributed by atoms with E-state index in [1.165, 1.54) is 12.8 Å². The summed E-state index contributed by atoms with van der Waals surface area (Å²) in [7, 11) is 0. The van der Waals surface area contributed by atoms with Gasteiger partial charge in [0.25, 0.3) is 0 Å². The highest BCUT2D eigenvalue weighted by atomic mass is 35.5. The van der Waals surface area contributed by atoms with Gasteiger partial charge in [-0.15, -0.1) is 23.2 Å². The van der Waals surface area contributed by atoms with Gasteiger partial charge in [-0.1, -0.05) is 26.7 Å². The summed E-state index contributed by atoms with van der Waals surface area (Å²) in [6.45, 7) is 4.41. The molecule has 0 amide bonds. The Hall–Kier alpha value is 0.580. The normalized spacial score (nSPS) is 43.0. The zero-order valence-electron chi connectivity index (χ0n) is 7.89. The molecule has 4 unspecified atom stereocenters. The van der Waals surface area contributed by atoms with Crippen molar-refractivity contribution in [2.24, 2.45) is 11.8 Å². The van der Waals surface area contributed by atoms with E-state index < -0.39 is 0 Å². The van der Waals surface area contributed by atoms with Gasteiger partial charge < -0.3 is 0 Å². The fraction of sp³-hybridized carbons (Fsp3) is 1.00. The predicted molar refractivity (Wildman–Crippen MR) is 56.1 cm³/mol. The van der Waals surface area contributed by atoms with E-state index in [1.807, 2.05) is 0 Å². The predicted octanol–water partition coefficient (Wildman–Crippen LogP) is 4.05. The molecule has 0 aromatic heterocycles. The molecule has 0 saturated heterocycles. The third-order valence-corrected chi connectivity index (χ3v) is 4.20. The lowest BCUT2D eigenvalue weighted by Crippen LogP contribution is -2.32. The lowest BCUT2D eigenvalue weighted by atomic mass is 9.79. The lowest BCUT2D eigenvalue weighted by molar-refractivity contribution is 0.276. The highest BCUT2D eigenvalue weighted by Crippen LogP contribution is 2.38. The first-order valence-electron chi connectivity index (χ1n) is 4.97. The quantitative estimate of drug-likeness (QED) is 0.602. The summed E-state index contributed by atoms with van der Waals surface area (Å²) in [5.41, 5.74) is 0. The molecule has 0 aromatic rings. The molecular weight excluding hydrogens is 191 g/mol. The molecule has 1 rings (SSSR count). The first-order chi connectivity index (χ1) is 5.69. The zero-order valence-corrected chi connectivity index (χ0v) is 9.41. The summed E-state index contributed by atoms with van der Waals surface area (Å²) in [6, 6.07) is 0. The van der Waals surface area contributed by atoms with Crippen molar-refractivity contribution < 1.29 is 0 Å². The fourth-order valence-electron chi connectivity index (χ4n) is 2.10. The van der Waals surface area contributed by atoms with Gasteiger partial charge in [0.2, 0.25) is 0 Å². The number of hydrogen-bond acceptors (Lipinski definition) is 0. The van der Waals surface area contributed by atoms with Crippen LogP contribution < -0.4 is 0 Å². The molecular formula is C10H18Cl2. The average molecular weight is 209 g/mol. The second-order valence-corrected chi connectivity index (χ2v) is 4.96. The molecule has 1 fully saturated rings. The summed E-state index contributed by atoms with van der Waals surface area (Å²) in [5.74, 6) is 1.30. The van der Waals surface area contributed by atoms with Crippen LogP contribution in [0.25, 0.3) is 0 Å². The first kappa shape index (κ1) is 10.7. The Balaban J connectivity index is 2.49. The third-order valence-electron chi connectivity index (χ3n) is 3.13. The van der Waals surface area contributed by atoms with Crippen molar-refractivity contribution in [1.82, 2.24) is 0 Å². The monoisotopic (exact) mass is 208 g/mol. The second kappa shape index (κ2) is 4.72. The van der Waals surface area contributed by atoms with Crippen molar-refractivity contribution in [3.8, 4) is 0 Å². The van der Waals surface area contributed by atoms with E-state index in [0.29, 0.717) is 22.6 Å². The van der Waals surface area contributed by atoms with E-state index >= 15 is 0 Å². The average Bonchev–Trinajstić information content (AvgIpc) is 2.08. The van der Waals surface area contributed by atoms with Gasteiger partial charge in [0.05, 0.1) is 0 Å². The molecule has 0 nitrogen and oxygen atoms in total. The minimum absolute atomic E-state index is 0.370. The summed E-state index contributed by atoms with van der Waals surface area (Å²) < 4.78 is 0. The zero-order chi connectivity index (χ0) is 9.14. The van der Waals surface area contributed by atoms with Crippen molar-refractivity contribution in [2.45, 2.75) is 50.3 Å². The third kappa shape index (κ3) is 2.29. The Morgan fingerprint density at radius 1 is 0.917 bits per heavy atom. The molecule has 2 heteroatoms. The van der Waals surface area contributed by atoms with E-state index in [2.05, 4.69) is 13.8 Å². The molecule has 0 bridgehead atoms. The van der Waals surface area contributed by atoms with Crippen molar-refractivity contribution in [1.29, 1.82) is 0 Å². The summed E-state index contributed by atoms with van der Waals surface area (Å²) >= 11 is 12.5. The molecule has 4 atom stereocenters. The summed E-state index contributed by atoms with van der Waals surface area (Å²) in [5, 5.41) is 0.741. The standard InChI is InChI=1S/C10H18Cl2/c1-3-7-5-10(12)8(4-2)6-9(7)11/h7-10H,3-6H2,1-2H3. The van der Waals surface area contributed by atoms with Crippen LogP contribution >= 0.6 is 23.2 Å². The van der Waals surface area contributed by atoms with Crippen molar-refractivity contribution in [2.75, 3.05) is 0 Å². The smallest absolute Gasteiger partial charge is 0.0367 e.